The van der Waals surface area contributed by atoms with E-state index in [2.05, 4.69) is 17.2 Å². The first kappa shape index (κ1) is 13.4. The molecule has 0 aliphatic heterocycles. The number of nitrogens with one attached hydrogen (secondary N) is 1. The minimum Gasteiger partial charge on any atom is -0.497 e. The van der Waals surface area contributed by atoms with Gasteiger partial charge in [-0.05, 0) is 31.2 Å². The fraction of sp³-hybridized carbons (Fsp3) is 0.429. The molecule has 0 spiro atoms. The molecular formula is C14H19NO2. The zero-order valence-corrected chi connectivity index (χ0v) is 10.5. The van der Waals surface area contributed by atoms with E-state index in [0.717, 1.165) is 31.0 Å². The molecule has 1 aromatic rings. The Bertz CT molecular complexity index is 362. The summed E-state index contributed by atoms with van der Waals surface area (Å²) in [6, 6.07) is 7.59. The number of ether oxygens (including phenoxy) is 2. The van der Waals surface area contributed by atoms with Gasteiger partial charge in [0, 0.05) is 19.5 Å². The van der Waals surface area contributed by atoms with Crippen LogP contribution in [0.2, 0.25) is 0 Å². The molecule has 0 amide bonds. The Labute approximate surface area is 103 Å². The second-order valence-corrected chi connectivity index (χ2v) is 3.45. The molecule has 92 valence electrons. The summed E-state index contributed by atoms with van der Waals surface area (Å²) in [4.78, 5) is 0. The molecule has 0 fully saturated rings. The van der Waals surface area contributed by atoms with Crippen LogP contribution in [0.3, 0.4) is 0 Å². The van der Waals surface area contributed by atoms with Crippen LogP contribution in [-0.4, -0.2) is 26.8 Å². The number of benzene rings is 1. The molecule has 0 unspecified atom stereocenters. The van der Waals surface area contributed by atoms with Crippen LogP contribution in [0.15, 0.2) is 24.3 Å². The van der Waals surface area contributed by atoms with E-state index in [9.17, 15) is 0 Å². The maximum absolute atomic E-state index is 5.56. The third-order valence-electron chi connectivity index (χ3n) is 2.21. The van der Waals surface area contributed by atoms with Crippen molar-refractivity contribution in [1.82, 2.24) is 5.32 Å². The van der Waals surface area contributed by atoms with Gasteiger partial charge in [0.15, 0.2) is 0 Å². The largest absolute Gasteiger partial charge is 0.497 e. The van der Waals surface area contributed by atoms with E-state index in [1.54, 1.807) is 7.11 Å². The lowest BCUT2D eigenvalue weighted by molar-refractivity contribution is 0.314. The summed E-state index contributed by atoms with van der Waals surface area (Å²) in [5.74, 6) is 7.57. The van der Waals surface area contributed by atoms with Gasteiger partial charge in [0.2, 0.25) is 0 Å². The van der Waals surface area contributed by atoms with Crippen LogP contribution in [0.25, 0.3) is 0 Å². The van der Waals surface area contributed by atoms with Crippen LogP contribution >= 0.6 is 0 Å². The lowest BCUT2D eigenvalue weighted by atomic mass is 10.3. The van der Waals surface area contributed by atoms with E-state index < -0.39 is 0 Å². The lowest BCUT2D eigenvalue weighted by Gasteiger charge is -2.07. The van der Waals surface area contributed by atoms with Crippen molar-refractivity contribution in [3.8, 4) is 23.3 Å². The molecular weight excluding hydrogens is 214 g/mol. The van der Waals surface area contributed by atoms with Gasteiger partial charge in [-0.3, -0.25) is 0 Å². The van der Waals surface area contributed by atoms with Crippen molar-refractivity contribution in [1.29, 1.82) is 0 Å². The zero-order chi connectivity index (χ0) is 12.3. The minimum atomic E-state index is 0.659. The van der Waals surface area contributed by atoms with Crippen LogP contribution in [0, 0.1) is 11.8 Å². The number of rotatable bonds is 7. The zero-order valence-electron chi connectivity index (χ0n) is 10.5. The maximum atomic E-state index is 5.56. The van der Waals surface area contributed by atoms with Crippen molar-refractivity contribution in [3.05, 3.63) is 24.3 Å². The summed E-state index contributed by atoms with van der Waals surface area (Å²) in [5.41, 5.74) is 0. The van der Waals surface area contributed by atoms with Crippen molar-refractivity contribution < 1.29 is 9.47 Å². The van der Waals surface area contributed by atoms with E-state index in [1.807, 2.05) is 31.2 Å². The van der Waals surface area contributed by atoms with Crippen LogP contribution in [0.4, 0.5) is 0 Å². The molecule has 3 heteroatoms. The maximum Gasteiger partial charge on any atom is 0.119 e. The van der Waals surface area contributed by atoms with Gasteiger partial charge < -0.3 is 14.8 Å². The molecule has 0 aromatic heterocycles. The monoisotopic (exact) mass is 233 g/mol. The average molecular weight is 233 g/mol. The Morgan fingerprint density at radius 3 is 2.47 bits per heavy atom. The molecule has 0 saturated carbocycles. The van der Waals surface area contributed by atoms with Gasteiger partial charge in [-0.2, -0.15) is 0 Å². The smallest absolute Gasteiger partial charge is 0.119 e. The molecule has 1 rings (SSSR count). The number of hydrogen-bond donors (Lipinski definition) is 1. The Morgan fingerprint density at radius 1 is 1.12 bits per heavy atom. The Hall–Kier alpha value is -1.66. The summed E-state index contributed by atoms with van der Waals surface area (Å²) in [5, 5.41) is 3.26. The predicted molar refractivity (Wildman–Crippen MR) is 69.4 cm³/mol. The van der Waals surface area contributed by atoms with Crippen LogP contribution in [-0.2, 0) is 0 Å². The molecule has 0 saturated heterocycles. The molecule has 0 radical (unpaired) electrons. The first-order valence-corrected chi connectivity index (χ1v) is 5.74. The van der Waals surface area contributed by atoms with E-state index >= 15 is 0 Å². The van der Waals surface area contributed by atoms with E-state index in [0.29, 0.717) is 6.61 Å². The van der Waals surface area contributed by atoms with Crippen LogP contribution in [0.5, 0.6) is 11.5 Å². The second-order valence-electron chi connectivity index (χ2n) is 3.45. The van der Waals surface area contributed by atoms with Gasteiger partial charge in [-0.1, -0.05) is 0 Å². The van der Waals surface area contributed by atoms with Gasteiger partial charge in [-0.25, -0.2) is 0 Å². The van der Waals surface area contributed by atoms with Gasteiger partial charge >= 0.3 is 0 Å². The normalized spacial score (nSPS) is 9.29. The van der Waals surface area contributed by atoms with E-state index in [-0.39, 0.29) is 0 Å². The molecule has 1 aromatic carbocycles. The molecule has 0 heterocycles. The highest BCUT2D eigenvalue weighted by atomic mass is 16.5. The highest BCUT2D eigenvalue weighted by Crippen LogP contribution is 2.16. The molecule has 1 N–H and O–H groups in total. The van der Waals surface area contributed by atoms with Crippen LogP contribution in [0.1, 0.15) is 13.3 Å². The fourth-order valence-corrected chi connectivity index (χ4v) is 1.31. The third-order valence-corrected chi connectivity index (χ3v) is 2.21. The molecule has 0 aliphatic rings. The SMILES string of the molecule is CC#CCCNCCOc1ccc(OC)cc1. The second kappa shape index (κ2) is 8.49. The van der Waals surface area contributed by atoms with Crippen molar-refractivity contribution in [3.63, 3.8) is 0 Å². The topological polar surface area (TPSA) is 30.5 Å². The third kappa shape index (κ3) is 5.84. The van der Waals surface area contributed by atoms with Gasteiger partial charge in [0.05, 0.1) is 7.11 Å². The molecule has 0 atom stereocenters. The van der Waals surface area contributed by atoms with Gasteiger partial charge in [0.25, 0.3) is 0 Å². The minimum absolute atomic E-state index is 0.659. The highest BCUT2D eigenvalue weighted by molar-refractivity contribution is 5.31. The van der Waals surface area contributed by atoms with E-state index in [4.69, 9.17) is 9.47 Å². The number of hydrogen-bond acceptors (Lipinski definition) is 3. The first-order valence-electron chi connectivity index (χ1n) is 5.74. The summed E-state index contributed by atoms with van der Waals surface area (Å²) in [6.45, 7) is 4.25. The van der Waals surface area contributed by atoms with Crippen molar-refractivity contribution in [2.75, 3.05) is 26.8 Å². The van der Waals surface area contributed by atoms with E-state index in [1.165, 1.54) is 0 Å². The molecule has 17 heavy (non-hydrogen) atoms. The molecule has 0 bridgehead atoms. The summed E-state index contributed by atoms with van der Waals surface area (Å²) >= 11 is 0. The summed E-state index contributed by atoms with van der Waals surface area (Å²) in [7, 11) is 1.65. The fourth-order valence-electron chi connectivity index (χ4n) is 1.31. The highest BCUT2D eigenvalue weighted by Gasteiger charge is 1.94. The predicted octanol–water partition coefficient (Wildman–Crippen LogP) is 2.08. The van der Waals surface area contributed by atoms with Crippen LogP contribution < -0.4 is 14.8 Å². The summed E-state index contributed by atoms with van der Waals surface area (Å²) < 4.78 is 10.6. The first-order chi connectivity index (χ1) is 8.36. The lowest BCUT2D eigenvalue weighted by Crippen LogP contribution is -2.21. The van der Waals surface area contributed by atoms with Crippen molar-refractivity contribution in [2.45, 2.75) is 13.3 Å². The van der Waals surface area contributed by atoms with Gasteiger partial charge in [0.1, 0.15) is 18.1 Å². The molecule has 0 aliphatic carbocycles. The Kier molecular flexibility index (Phi) is 6.69. The summed E-state index contributed by atoms with van der Waals surface area (Å²) in [6.07, 6.45) is 0.888. The van der Waals surface area contributed by atoms with Gasteiger partial charge in [-0.15, -0.1) is 11.8 Å². The number of methoxy groups -OCH3 is 1. The van der Waals surface area contributed by atoms with Crippen molar-refractivity contribution in [2.24, 2.45) is 0 Å². The average Bonchev–Trinajstić information content (AvgIpc) is 2.38. The molecule has 3 nitrogen and oxygen atoms in total. The Morgan fingerprint density at radius 2 is 1.82 bits per heavy atom. The van der Waals surface area contributed by atoms with Crippen molar-refractivity contribution >= 4 is 0 Å². The standard InChI is InChI=1S/C14H19NO2/c1-3-4-5-10-15-11-12-17-14-8-6-13(16-2)7-9-14/h6-9,15H,5,10-12H2,1-2H3. The quantitative estimate of drug-likeness (QED) is 0.578. The Balaban J connectivity index is 2.10.